The highest BCUT2D eigenvalue weighted by molar-refractivity contribution is 7.10. The van der Waals surface area contributed by atoms with Gasteiger partial charge in [0.15, 0.2) is 0 Å². The molecule has 1 fully saturated rings. The number of likely N-dealkylation sites (tertiary alicyclic amines) is 1. The van der Waals surface area contributed by atoms with E-state index in [4.69, 9.17) is 10.7 Å². The van der Waals surface area contributed by atoms with Crippen molar-refractivity contribution in [1.29, 1.82) is 0 Å². The minimum atomic E-state index is 0.0197. The first-order valence-electron chi connectivity index (χ1n) is 7.97. The van der Waals surface area contributed by atoms with E-state index < -0.39 is 0 Å². The zero-order valence-corrected chi connectivity index (χ0v) is 15.1. The highest BCUT2D eigenvalue weighted by Gasteiger charge is 2.28. The molecule has 1 aliphatic rings. The van der Waals surface area contributed by atoms with Gasteiger partial charge in [0.25, 0.3) is 5.91 Å². The molecule has 0 spiro atoms. The van der Waals surface area contributed by atoms with Gasteiger partial charge in [-0.05, 0) is 18.8 Å². The summed E-state index contributed by atoms with van der Waals surface area (Å²) in [6.07, 6.45) is 2.11. The Kier molecular flexibility index (Phi) is 5.08. The Labute approximate surface area is 144 Å². The Balaban J connectivity index is 1.71. The summed E-state index contributed by atoms with van der Waals surface area (Å²) in [5, 5.41) is 5.93. The van der Waals surface area contributed by atoms with E-state index in [2.05, 4.69) is 24.2 Å². The lowest BCUT2D eigenvalue weighted by Crippen LogP contribution is -2.39. The van der Waals surface area contributed by atoms with Crippen molar-refractivity contribution >= 4 is 28.6 Å². The average Bonchev–Trinajstić information content (AvgIpc) is 3.23. The Morgan fingerprint density at radius 3 is 2.87 bits per heavy atom. The molecule has 0 aromatic carbocycles. The molecule has 2 aromatic heterocycles. The highest BCUT2D eigenvalue weighted by atomic mass is 32.1. The predicted octanol–water partition coefficient (Wildman–Crippen LogP) is 3.20. The van der Waals surface area contributed by atoms with Crippen LogP contribution >= 0.6 is 22.7 Å². The van der Waals surface area contributed by atoms with Crippen LogP contribution in [0.4, 0.5) is 0 Å². The van der Waals surface area contributed by atoms with Crippen LogP contribution < -0.4 is 5.73 Å². The quantitative estimate of drug-likeness (QED) is 0.919. The van der Waals surface area contributed by atoms with Crippen LogP contribution in [0.3, 0.4) is 0 Å². The zero-order chi connectivity index (χ0) is 16.4. The van der Waals surface area contributed by atoms with E-state index in [0.717, 1.165) is 41.6 Å². The van der Waals surface area contributed by atoms with Crippen LogP contribution in [0.5, 0.6) is 0 Å². The molecule has 2 N–H and O–H groups in total. The second-order valence-electron chi connectivity index (χ2n) is 6.19. The molecule has 1 unspecified atom stereocenters. The fraction of sp³-hybridized carbons (Fsp3) is 0.562. The molecular weight excluding hydrogens is 328 g/mol. The molecule has 1 atom stereocenters. The van der Waals surface area contributed by atoms with Gasteiger partial charge in [0, 0.05) is 36.3 Å². The largest absolute Gasteiger partial charge is 0.337 e. The summed E-state index contributed by atoms with van der Waals surface area (Å²) in [6, 6.07) is 0. The van der Waals surface area contributed by atoms with Gasteiger partial charge < -0.3 is 10.6 Å². The molecule has 1 saturated heterocycles. The van der Waals surface area contributed by atoms with E-state index in [-0.39, 0.29) is 5.91 Å². The lowest BCUT2D eigenvalue weighted by Gasteiger charge is -2.31. The number of carbonyl (C=O) groups excluding carboxylic acids is 1. The van der Waals surface area contributed by atoms with Gasteiger partial charge in [0.05, 0.1) is 10.7 Å². The first-order chi connectivity index (χ1) is 11.1. The standard InChI is InChI=1S/C16H22N4OS2/c1-10(2)12-8-23-15(19-12)11-4-3-5-20(7-11)16(21)13-9-22-14(6-17)18-13/h8-11H,3-7,17H2,1-2H3. The SMILES string of the molecule is CC(C)c1csc(C2CCCN(C(=O)c3csc(CN)n3)C2)n1. The third kappa shape index (κ3) is 3.62. The van der Waals surface area contributed by atoms with Gasteiger partial charge in [-0.2, -0.15) is 0 Å². The molecule has 2 aromatic rings. The van der Waals surface area contributed by atoms with E-state index in [1.165, 1.54) is 11.3 Å². The number of hydrogen-bond donors (Lipinski definition) is 1. The van der Waals surface area contributed by atoms with Crippen LogP contribution in [0.1, 0.15) is 64.7 Å². The molecule has 0 radical (unpaired) electrons. The smallest absolute Gasteiger partial charge is 0.273 e. The van der Waals surface area contributed by atoms with E-state index in [1.54, 1.807) is 11.3 Å². The van der Waals surface area contributed by atoms with Crippen molar-refractivity contribution in [3.8, 4) is 0 Å². The van der Waals surface area contributed by atoms with Gasteiger partial charge in [-0.1, -0.05) is 13.8 Å². The van der Waals surface area contributed by atoms with Crippen LogP contribution in [0, 0.1) is 0 Å². The van der Waals surface area contributed by atoms with Crippen LogP contribution in [-0.4, -0.2) is 33.9 Å². The number of thiazole rings is 2. The molecule has 1 aliphatic heterocycles. The van der Waals surface area contributed by atoms with Crippen LogP contribution in [0.15, 0.2) is 10.8 Å². The third-order valence-electron chi connectivity index (χ3n) is 4.13. The number of hydrogen-bond acceptors (Lipinski definition) is 6. The van der Waals surface area contributed by atoms with Gasteiger partial charge in [0.2, 0.25) is 0 Å². The summed E-state index contributed by atoms with van der Waals surface area (Å²) in [5.41, 5.74) is 7.26. The van der Waals surface area contributed by atoms with Crippen molar-refractivity contribution in [2.24, 2.45) is 5.73 Å². The maximum absolute atomic E-state index is 12.6. The molecule has 3 heterocycles. The fourth-order valence-electron chi connectivity index (χ4n) is 2.78. The van der Waals surface area contributed by atoms with Crippen molar-refractivity contribution in [2.45, 2.75) is 45.1 Å². The van der Waals surface area contributed by atoms with Crippen LogP contribution in [0.25, 0.3) is 0 Å². The highest BCUT2D eigenvalue weighted by Crippen LogP contribution is 2.31. The Morgan fingerprint density at radius 1 is 1.39 bits per heavy atom. The molecule has 1 amide bonds. The summed E-state index contributed by atoms with van der Waals surface area (Å²) >= 11 is 3.17. The maximum atomic E-state index is 12.6. The van der Waals surface area contributed by atoms with Crippen molar-refractivity contribution < 1.29 is 4.79 Å². The summed E-state index contributed by atoms with van der Waals surface area (Å²) < 4.78 is 0. The number of amides is 1. The van der Waals surface area contributed by atoms with E-state index in [0.29, 0.717) is 24.1 Å². The van der Waals surface area contributed by atoms with Gasteiger partial charge in [-0.25, -0.2) is 9.97 Å². The molecule has 0 aliphatic carbocycles. The average molecular weight is 351 g/mol. The number of carbonyl (C=O) groups is 1. The monoisotopic (exact) mass is 350 g/mol. The minimum Gasteiger partial charge on any atom is -0.337 e. The fourth-order valence-corrected chi connectivity index (χ4v) is 4.54. The number of piperidine rings is 1. The van der Waals surface area contributed by atoms with E-state index >= 15 is 0 Å². The second kappa shape index (κ2) is 7.07. The summed E-state index contributed by atoms with van der Waals surface area (Å²) in [6.45, 7) is 6.24. The third-order valence-corrected chi connectivity index (χ3v) is 6.03. The molecule has 7 heteroatoms. The van der Waals surface area contributed by atoms with E-state index in [9.17, 15) is 4.79 Å². The van der Waals surface area contributed by atoms with E-state index in [1.807, 2.05) is 10.3 Å². The number of nitrogens with zero attached hydrogens (tertiary/aromatic N) is 3. The first-order valence-corrected chi connectivity index (χ1v) is 9.73. The Hall–Kier alpha value is -1.31. The summed E-state index contributed by atoms with van der Waals surface area (Å²) in [5.74, 6) is 0.815. The molecule has 3 rings (SSSR count). The molecule has 0 bridgehead atoms. The molecular formula is C16H22N4OS2. The Bertz CT molecular complexity index is 679. The Morgan fingerprint density at radius 2 is 2.22 bits per heavy atom. The van der Waals surface area contributed by atoms with Crippen molar-refractivity contribution in [2.75, 3.05) is 13.1 Å². The van der Waals surface area contributed by atoms with Gasteiger partial charge in [-0.15, -0.1) is 22.7 Å². The van der Waals surface area contributed by atoms with Crippen molar-refractivity contribution in [3.63, 3.8) is 0 Å². The van der Waals surface area contributed by atoms with Gasteiger partial charge in [0.1, 0.15) is 10.7 Å². The zero-order valence-electron chi connectivity index (χ0n) is 13.5. The second-order valence-corrected chi connectivity index (χ2v) is 8.02. The first kappa shape index (κ1) is 16.5. The predicted molar refractivity (Wildman–Crippen MR) is 94.1 cm³/mol. The molecule has 23 heavy (non-hydrogen) atoms. The number of nitrogens with two attached hydrogens (primary N) is 1. The topological polar surface area (TPSA) is 72.1 Å². The lowest BCUT2D eigenvalue weighted by molar-refractivity contribution is 0.0701. The van der Waals surface area contributed by atoms with Crippen molar-refractivity contribution in [3.05, 3.63) is 32.2 Å². The summed E-state index contributed by atoms with van der Waals surface area (Å²) in [7, 11) is 0. The molecule has 0 saturated carbocycles. The maximum Gasteiger partial charge on any atom is 0.273 e. The molecule has 5 nitrogen and oxygen atoms in total. The van der Waals surface area contributed by atoms with Gasteiger partial charge in [-0.3, -0.25) is 4.79 Å². The number of aromatic nitrogens is 2. The normalized spacial score (nSPS) is 18.6. The molecule has 124 valence electrons. The minimum absolute atomic E-state index is 0.0197. The summed E-state index contributed by atoms with van der Waals surface area (Å²) in [4.78, 5) is 23.6. The van der Waals surface area contributed by atoms with Crippen LogP contribution in [-0.2, 0) is 6.54 Å². The van der Waals surface area contributed by atoms with Gasteiger partial charge >= 0.3 is 0 Å². The van der Waals surface area contributed by atoms with Crippen LogP contribution in [0.2, 0.25) is 0 Å². The van der Waals surface area contributed by atoms with Crippen molar-refractivity contribution in [1.82, 2.24) is 14.9 Å². The lowest BCUT2D eigenvalue weighted by atomic mass is 9.98. The number of rotatable bonds is 4.